The van der Waals surface area contributed by atoms with Gasteiger partial charge in [0.05, 0.1) is 17.9 Å². The second-order valence-corrected chi connectivity index (χ2v) is 3.43. The standard InChI is InChI=1S/C8H11NO2S/c1-3-11-8(10)7-5(2)12-4-6(7)9/h4H,3,9H2,1-2H3. The lowest BCUT2D eigenvalue weighted by Gasteiger charge is -2.01. The van der Waals surface area contributed by atoms with Crippen LogP contribution in [0.1, 0.15) is 22.2 Å². The van der Waals surface area contributed by atoms with Crippen LogP contribution >= 0.6 is 11.3 Å². The van der Waals surface area contributed by atoms with E-state index in [0.717, 1.165) is 4.88 Å². The number of anilines is 1. The SMILES string of the molecule is CCOC(=O)c1c(N)csc1C. The van der Waals surface area contributed by atoms with Crippen molar-refractivity contribution >= 4 is 23.0 Å². The number of thiophene rings is 1. The lowest BCUT2D eigenvalue weighted by atomic mass is 10.2. The molecule has 0 fully saturated rings. The Kier molecular flexibility index (Phi) is 2.70. The van der Waals surface area contributed by atoms with Crippen LogP contribution in [-0.2, 0) is 4.74 Å². The number of aryl methyl sites for hydroxylation is 1. The van der Waals surface area contributed by atoms with E-state index in [2.05, 4.69) is 0 Å². The Balaban J connectivity index is 2.93. The zero-order valence-corrected chi connectivity index (χ0v) is 7.90. The van der Waals surface area contributed by atoms with Crippen molar-refractivity contribution < 1.29 is 9.53 Å². The van der Waals surface area contributed by atoms with Crippen LogP contribution in [0.4, 0.5) is 5.69 Å². The van der Waals surface area contributed by atoms with E-state index in [1.165, 1.54) is 11.3 Å². The van der Waals surface area contributed by atoms with Gasteiger partial charge in [-0.25, -0.2) is 4.79 Å². The molecule has 12 heavy (non-hydrogen) atoms. The second kappa shape index (κ2) is 3.58. The molecule has 0 spiro atoms. The molecule has 66 valence electrons. The second-order valence-electron chi connectivity index (χ2n) is 2.34. The Labute approximate surface area is 75.1 Å². The lowest BCUT2D eigenvalue weighted by Crippen LogP contribution is -2.07. The Morgan fingerprint density at radius 1 is 1.75 bits per heavy atom. The monoisotopic (exact) mass is 185 g/mol. The molecule has 0 saturated carbocycles. The molecule has 1 aromatic rings. The molecule has 0 unspecified atom stereocenters. The van der Waals surface area contributed by atoms with E-state index in [4.69, 9.17) is 10.5 Å². The van der Waals surface area contributed by atoms with Gasteiger partial charge >= 0.3 is 5.97 Å². The average Bonchev–Trinajstić information content (AvgIpc) is 2.32. The molecule has 0 aliphatic rings. The van der Waals surface area contributed by atoms with E-state index in [1.807, 2.05) is 6.92 Å². The molecule has 1 rings (SSSR count). The van der Waals surface area contributed by atoms with Crippen molar-refractivity contribution in [1.82, 2.24) is 0 Å². The third-order valence-electron chi connectivity index (χ3n) is 1.48. The molecule has 0 radical (unpaired) electrons. The van der Waals surface area contributed by atoms with Crippen molar-refractivity contribution in [3.8, 4) is 0 Å². The van der Waals surface area contributed by atoms with Crippen molar-refractivity contribution in [2.75, 3.05) is 12.3 Å². The van der Waals surface area contributed by atoms with Crippen LogP contribution in [0.3, 0.4) is 0 Å². The zero-order chi connectivity index (χ0) is 9.14. The van der Waals surface area contributed by atoms with Gasteiger partial charge in [0.25, 0.3) is 0 Å². The molecule has 0 bridgehead atoms. The van der Waals surface area contributed by atoms with Crippen molar-refractivity contribution in [2.45, 2.75) is 13.8 Å². The third kappa shape index (κ3) is 1.58. The molecule has 3 nitrogen and oxygen atoms in total. The highest BCUT2D eigenvalue weighted by molar-refractivity contribution is 7.10. The molecule has 0 saturated heterocycles. The van der Waals surface area contributed by atoms with Gasteiger partial charge in [-0.1, -0.05) is 0 Å². The Hall–Kier alpha value is -1.03. The number of nitrogen functional groups attached to an aromatic ring is 1. The van der Waals surface area contributed by atoms with Gasteiger partial charge in [-0.05, 0) is 13.8 Å². The number of rotatable bonds is 2. The summed E-state index contributed by atoms with van der Waals surface area (Å²) in [4.78, 5) is 12.2. The normalized spacial score (nSPS) is 9.83. The maximum atomic E-state index is 11.3. The van der Waals surface area contributed by atoms with Crippen LogP contribution in [0.25, 0.3) is 0 Å². The number of ether oxygens (including phenoxy) is 1. The molecular weight excluding hydrogens is 174 g/mol. The lowest BCUT2D eigenvalue weighted by molar-refractivity contribution is 0.0527. The highest BCUT2D eigenvalue weighted by atomic mass is 32.1. The van der Waals surface area contributed by atoms with Gasteiger partial charge in [0.15, 0.2) is 0 Å². The summed E-state index contributed by atoms with van der Waals surface area (Å²) in [6, 6.07) is 0. The Bertz CT molecular complexity index is 274. The summed E-state index contributed by atoms with van der Waals surface area (Å²) < 4.78 is 4.84. The van der Waals surface area contributed by atoms with Gasteiger partial charge < -0.3 is 10.5 Å². The van der Waals surface area contributed by atoms with E-state index in [-0.39, 0.29) is 5.97 Å². The molecule has 1 heterocycles. The zero-order valence-electron chi connectivity index (χ0n) is 7.09. The predicted octanol–water partition coefficient (Wildman–Crippen LogP) is 1.82. The molecule has 0 aliphatic carbocycles. The minimum absolute atomic E-state index is 0.325. The number of hydrogen-bond donors (Lipinski definition) is 1. The quantitative estimate of drug-likeness (QED) is 0.715. The summed E-state index contributed by atoms with van der Waals surface area (Å²) in [7, 11) is 0. The molecule has 2 N–H and O–H groups in total. The van der Waals surface area contributed by atoms with Crippen LogP contribution in [0, 0.1) is 6.92 Å². The molecule has 0 amide bonds. The van der Waals surface area contributed by atoms with Crippen molar-refractivity contribution in [3.05, 3.63) is 15.8 Å². The van der Waals surface area contributed by atoms with Crippen LogP contribution < -0.4 is 5.73 Å². The Morgan fingerprint density at radius 3 is 2.83 bits per heavy atom. The van der Waals surface area contributed by atoms with E-state index in [9.17, 15) is 4.79 Å². The maximum Gasteiger partial charge on any atom is 0.341 e. The van der Waals surface area contributed by atoms with E-state index >= 15 is 0 Å². The van der Waals surface area contributed by atoms with Gasteiger partial charge in [0.1, 0.15) is 0 Å². The van der Waals surface area contributed by atoms with E-state index in [1.54, 1.807) is 12.3 Å². The van der Waals surface area contributed by atoms with E-state index in [0.29, 0.717) is 17.9 Å². The number of carbonyl (C=O) groups excluding carboxylic acids is 1. The predicted molar refractivity (Wildman–Crippen MR) is 49.4 cm³/mol. The number of carbonyl (C=O) groups is 1. The first-order valence-corrected chi connectivity index (χ1v) is 4.55. The number of esters is 1. The van der Waals surface area contributed by atoms with Crippen LogP contribution in [-0.4, -0.2) is 12.6 Å². The Morgan fingerprint density at radius 2 is 2.42 bits per heavy atom. The fourth-order valence-electron chi connectivity index (χ4n) is 0.938. The smallest absolute Gasteiger partial charge is 0.341 e. The highest BCUT2D eigenvalue weighted by Gasteiger charge is 2.14. The first-order valence-electron chi connectivity index (χ1n) is 3.67. The van der Waals surface area contributed by atoms with E-state index < -0.39 is 0 Å². The summed E-state index contributed by atoms with van der Waals surface area (Å²) in [6.45, 7) is 4.01. The van der Waals surface area contributed by atoms with Gasteiger partial charge in [-0.2, -0.15) is 0 Å². The summed E-state index contributed by atoms with van der Waals surface area (Å²) in [5, 5.41) is 1.75. The summed E-state index contributed by atoms with van der Waals surface area (Å²) >= 11 is 1.46. The van der Waals surface area contributed by atoms with Crippen LogP contribution in [0.15, 0.2) is 5.38 Å². The summed E-state index contributed by atoms with van der Waals surface area (Å²) in [5.41, 5.74) is 6.61. The van der Waals surface area contributed by atoms with Gasteiger partial charge in [-0.15, -0.1) is 11.3 Å². The van der Waals surface area contributed by atoms with Crippen molar-refractivity contribution in [2.24, 2.45) is 0 Å². The topological polar surface area (TPSA) is 52.3 Å². The van der Waals surface area contributed by atoms with Gasteiger partial charge in [0, 0.05) is 10.3 Å². The molecule has 1 aromatic heterocycles. The fraction of sp³-hybridized carbons (Fsp3) is 0.375. The molecule has 0 atom stereocenters. The summed E-state index contributed by atoms with van der Waals surface area (Å²) in [6.07, 6.45) is 0. The average molecular weight is 185 g/mol. The largest absolute Gasteiger partial charge is 0.462 e. The maximum absolute atomic E-state index is 11.3. The van der Waals surface area contributed by atoms with Gasteiger partial charge in [-0.3, -0.25) is 0 Å². The molecular formula is C8H11NO2S. The van der Waals surface area contributed by atoms with Crippen molar-refractivity contribution in [3.63, 3.8) is 0 Å². The molecule has 0 aromatic carbocycles. The number of nitrogens with two attached hydrogens (primary N) is 1. The molecule has 0 aliphatic heterocycles. The number of hydrogen-bond acceptors (Lipinski definition) is 4. The van der Waals surface area contributed by atoms with Crippen LogP contribution in [0.2, 0.25) is 0 Å². The minimum atomic E-state index is -0.325. The van der Waals surface area contributed by atoms with Crippen molar-refractivity contribution in [1.29, 1.82) is 0 Å². The molecule has 4 heteroatoms. The summed E-state index contributed by atoms with van der Waals surface area (Å²) in [5.74, 6) is -0.325. The van der Waals surface area contributed by atoms with Crippen LogP contribution in [0.5, 0.6) is 0 Å². The fourth-order valence-corrected chi connectivity index (χ4v) is 1.68. The highest BCUT2D eigenvalue weighted by Crippen LogP contribution is 2.24. The van der Waals surface area contributed by atoms with Gasteiger partial charge in [0.2, 0.25) is 0 Å². The third-order valence-corrected chi connectivity index (χ3v) is 2.41. The first-order chi connectivity index (χ1) is 5.66. The first kappa shape index (κ1) is 9.06. The minimum Gasteiger partial charge on any atom is -0.462 e.